The summed E-state index contributed by atoms with van der Waals surface area (Å²) in [5.41, 5.74) is 2.40. The van der Waals surface area contributed by atoms with Crippen molar-refractivity contribution in [2.75, 3.05) is 6.54 Å². The zero-order valence-corrected chi connectivity index (χ0v) is 11.2. The Bertz CT molecular complexity index is 411. The van der Waals surface area contributed by atoms with E-state index in [0.717, 1.165) is 13.0 Å². The summed E-state index contributed by atoms with van der Waals surface area (Å²) in [5.74, 6) is 0.142. The van der Waals surface area contributed by atoms with E-state index in [1.165, 1.54) is 17.5 Å². The Morgan fingerprint density at radius 1 is 1.56 bits per heavy atom. The third kappa shape index (κ3) is 3.57. The maximum atomic E-state index is 11.9. The third-order valence-corrected chi connectivity index (χ3v) is 3.51. The molecule has 18 heavy (non-hydrogen) atoms. The first kappa shape index (κ1) is 13.1. The molecule has 0 aliphatic carbocycles. The zero-order chi connectivity index (χ0) is 13.0. The summed E-state index contributed by atoms with van der Waals surface area (Å²) in [7, 11) is 0. The van der Waals surface area contributed by atoms with Crippen LogP contribution in [0.1, 0.15) is 43.4 Å². The summed E-state index contributed by atoms with van der Waals surface area (Å²) in [4.78, 5) is 11.9. The van der Waals surface area contributed by atoms with Gasteiger partial charge in [-0.3, -0.25) is 4.79 Å². The maximum Gasteiger partial charge on any atom is 0.222 e. The molecule has 1 unspecified atom stereocenters. The van der Waals surface area contributed by atoms with Crippen molar-refractivity contribution in [1.29, 1.82) is 0 Å². The van der Waals surface area contributed by atoms with E-state index in [1.807, 2.05) is 13.0 Å². The van der Waals surface area contributed by atoms with Crippen LogP contribution in [0.4, 0.5) is 0 Å². The lowest BCUT2D eigenvalue weighted by molar-refractivity contribution is -0.122. The van der Waals surface area contributed by atoms with Gasteiger partial charge in [-0.25, -0.2) is 0 Å². The molecule has 1 aromatic rings. The molecule has 3 nitrogen and oxygen atoms in total. The molecule has 0 saturated carbocycles. The molecule has 1 aliphatic heterocycles. The van der Waals surface area contributed by atoms with E-state index < -0.39 is 0 Å². The van der Waals surface area contributed by atoms with Gasteiger partial charge in [-0.15, -0.1) is 0 Å². The SMILES string of the molecule is Cc1cccc([C@@H](C)NC(=O)CC2CCCN2)c1. The molecular weight excluding hydrogens is 224 g/mol. The van der Waals surface area contributed by atoms with Gasteiger partial charge in [0.05, 0.1) is 6.04 Å². The van der Waals surface area contributed by atoms with Crippen LogP contribution in [-0.2, 0) is 4.79 Å². The Morgan fingerprint density at radius 2 is 2.39 bits per heavy atom. The molecule has 2 atom stereocenters. The molecule has 1 fully saturated rings. The van der Waals surface area contributed by atoms with Gasteiger partial charge in [-0.05, 0) is 38.8 Å². The average Bonchev–Trinajstić information content (AvgIpc) is 2.81. The lowest BCUT2D eigenvalue weighted by atomic mass is 10.1. The molecule has 1 amide bonds. The maximum absolute atomic E-state index is 11.9. The number of carbonyl (C=O) groups is 1. The first-order valence-corrected chi connectivity index (χ1v) is 6.74. The van der Waals surface area contributed by atoms with Crippen molar-refractivity contribution in [3.8, 4) is 0 Å². The predicted molar refractivity (Wildman–Crippen MR) is 73.4 cm³/mol. The smallest absolute Gasteiger partial charge is 0.222 e. The standard InChI is InChI=1S/C15H22N2O/c1-11-5-3-6-13(9-11)12(2)17-15(18)10-14-7-4-8-16-14/h3,5-6,9,12,14,16H,4,7-8,10H2,1-2H3,(H,17,18)/t12-,14?/m1/s1. The quantitative estimate of drug-likeness (QED) is 0.856. The van der Waals surface area contributed by atoms with E-state index in [0.29, 0.717) is 12.5 Å². The number of hydrogen-bond acceptors (Lipinski definition) is 2. The molecule has 0 aromatic heterocycles. The molecule has 1 aromatic carbocycles. The van der Waals surface area contributed by atoms with Crippen LogP contribution in [0.15, 0.2) is 24.3 Å². The van der Waals surface area contributed by atoms with Gasteiger partial charge in [0.25, 0.3) is 0 Å². The van der Waals surface area contributed by atoms with Crippen LogP contribution in [-0.4, -0.2) is 18.5 Å². The fraction of sp³-hybridized carbons (Fsp3) is 0.533. The summed E-state index contributed by atoms with van der Waals surface area (Å²) >= 11 is 0. The summed E-state index contributed by atoms with van der Waals surface area (Å²) in [6.07, 6.45) is 2.90. The van der Waals surface area contributed by atoms with E-state index in [2.05, 4.69) is 35.8 Å². The van der Waals surface area contributed by atoms with Crippen LogP contribution >= 0.6 is 0 Å². The highest BCUT2D eigenvalue weighted by molar-refractivity contribution is 5.77. The number of benzene rings is 1. The second-order valence-electron chi connectivity index (χ2n) is 5.20. The van der Waals surface area contributed by atoms with E-state index in [1.54, 1.807) is 0 Å². The minimum Gasteiger partial charge on any atom is -0.350 e. The minimum atomic E-state index is 0.0822. The first-order chi connectivity index (χ1) is 8.65. The summed E-state index contributed by atoms with van der Waals surface area (Å²) < 4.78 is 0. The van der Waals surface area contributed by atoms with Crippen molar-refractivity contribution < 1.29 is 4.79 Å². The van der Waals surface area contributed by atoms with Crippen LogP contribution in [0.25, 0.3) is 0 Å². The van der Waals surface area contributed by atoms with Gasteiger partial charge in [-0.2, -0.15) is 0 Å². The molecule has 98 valence electrons. The van der Waals surface area contributed by atoms with Gasteiger partial charge in [0.15, 0.2) is 0 Å². The van der Waals surface area contributed by atoms with Crippen molar-refractivity contribution in [3.05, 3.63) is 35.4 Å². The predicted octanol–water partition coefficient (Wildman–Crippen LogP) is 2.31. The van der Waals surface area contributed by atoms with Gasteiger partial charge in [0, 0.05) is 12.5 Å². The summed E-state index contributed by atoms with van der Waals surface area (Å²) in [5, 5.41) is 6.42. The lowest BCUT2D eigenvalue weighted by Crippen LogP contribution is -2.33. The Kier molecular flexibility index (Phi) is 4.37. The third-order valence-electron chi connectivity index (χ3n) is 3.51. The highest BCUT2D eigenvalue weighted by Gasteiger charge is 2.18. The van der Waals surface area contributed by atoms with Crippen LogP contribution in [0.5, 0.6) is 0 Å². The Hall–Kier alpha value is -1.35. The van der Waals surface area contributed by atoms with Crippen molar-refractivity contribution in [1.82, 2.24) is 10.6 Å². The molecule has 1 saturated heterocycles. The van der Waals surface area contributed by atoms with Gasteiger partial charge in [-0.1, -0.05) is 29.8 Å². The van der Waals surface area contributed by atoms with Crippen molar-refractivity contribution in [3.63, 3.8) is 0 Å². The average molecular weight is 246 g/mol. The Morgan fingerprint density at radius 3 is 3.06 bits per heavy atom. The van der Waals surface area contributed by atoms with E-state index in [4.69, 9.17) is 0 Å². The van der Waals surface area contributed by atoms with E-state index >= 15 is 0 Å². The molecule has 3 heteroatoms. The van der Waals surface area contributed by atoms with Crippen LogP contribution in [0.2, 0.25) is 0 Å². The normalized spacial score (nSPS) is 20.7. The molecule has 0 radical (unpaired) electrons. The van der Waals surface area contributed by atoms with Gasteiger partial charge in [0.1, 0.15) is 0 Å². The van der Waals surface area contributed by atoms with Crippen LogP contribution in [0.3, 0.4) is 0 Å². The van der Waals surface area contributed by atoms with Crippen molar-refractivity contribution in [2.24, 2.45) is 0 Å². The molecule has 1 heterocycles. The second-order valence-corrected chi connectivity index (χ2v) is 5.20. The van der Waals surface area contributed by atoms with Crippen LogP contribution in [0, 0.1) is 6.92 Å². The van der Waals surface area contributed by atoms with Gasteiger partial charge < -0.3 is 10.6 Å². The molecule has 0 bridgehead atoms. The lowest BCUT2D eigenvalue weighted by Gasteiger charge is -2.16. The largest absolute Gasteiger partial charge is 0.350 e. The minimum absolute atomic E-state index is 0.0822. The summed E-state index contributed by atoms with van der Waals surface area (Å²) in [6, 6.07) is 8.74. The summed E-state index contributed by atoms with van der Waals surface area (Å²) in [6.45, 7) is 5.15. The van der Waals surface area contributed by atoms with Crippen LogP contribution < -0.4 is 10.6 Å². The number of aryl methyl sites for hydroxylation is 1. The highest BCUT2D eigenvalue weighted by atomic mass is 16.1. The molecule has 0 spiro atoms. The Balaban J connectivity index is 1.86. The number of rotatable bonds is 4. The van der Waals surface area contributed by atoms with Gasteiger partial charge >= 0.3 is 0 Å². The van der Waals surface area contributed by atoms with Crippen molar-refractivity contribution in [2.45, 2.75) is 45.2 Å². The number of carbonyl (C=O) groups excluding carboxylic acids is 1. The van der Waals surface area contributed by atoms with Gasteiger partial charge in [0.2, 0.25) is 5.91 Å². The fourth-order valence-electron chi connectivity index (χ4n) is 2.48. The molecule has 2 rings (SSSR count). The van der Waals surface area contributed by atoms with E-state index in [9.17, 15) is 4.79 Å². The highest BCUT2D eigenvalue weighted by Crippen LogP contribution is 2.15. The van der Waals surface area contributed by atoms with E-state index in [-0.39, 0.29) is 11.9 Å². The fourth-order valence-corrected chi connectivity index (χ4v) is 2.48. The zero-order valence-electron chi connectivity index (χ0n) is 11.2. The molecule has 2 N–H and O–H groups in total. The topological polar surface area (TPSA) is 41.1 Å². The first-order valence-electron chi connectivity index (χ1n) is 6.74. The van der Waals surface area contributed by atoms with Crippen molar-refractivity contribution >= 4 is 5.91 Å². The number of amides is 1. The number of nitrogens with one attached hydrogen (secondary N) is 2. The molecule has 1 aliphatic rings. The Labute approximate surface area is 109 Å². The second kappa shape index (κ2) is 6.01. The monoisotopic (exact) mass is 246 g/mol. The number of hydrogen-bond donors (Lipinski definition) is 2. The molecular formula is C15H22N2O.